The van der Waals surface area contributed by atoms with Crippen LogP contribution >= 0.6 is 0 Å². The highest BCUT2D eigenvalue weighted by Crippen LogP contribution is 2.13. The molecule has 0 aliphatic carbocycles. The Labute approximate surface area is 98.3 Å². The van der Waals surface area contributed by atoms with E-state index in [9.17, 15) is 4.79 Å². The van der Waals surface area contributed by atoms with Crippen molar-refractivity contribution in [3.8, 4) is 0 Å². The van der Waals surface area contributed by atoms with Crippen LogP contribution in [0.25, 0.3) is 0 Å². The van der Waals surface area contributed by atoms with E-state index in [1.165, 1.54) is 0 Å². The second-order valence-corrected chi connectivity index (χ2v) is 4.56. The average Bonchev–Trinajstić information content (AvgIpc) is 2.77. The van der Waals surface area contributed by atoms with E-state index >= 15 is 0 Å². The Morgan fingerprint density at radius 1 is 1.62 bits per heavy atom. The van der Waals surface area contributed by atoms with Crippen molar-refractivity contribution in [1.82, 2.24) is 10.2 Å². The molecule has 0 aromatic heterocycles. The van der Waals surface area contributed by atoms with Crippen LogP contribution in [0.1, 0.15) is 26.7 Å². The maximum atomic E-state index is 12.0. The average molecular weight is 228 g/mol. The van der Waals surface area contributed by atoms with Gasteiger partial charge in [-0.05, 0) is 19.4 Å². The van der Waals surface area contributed by atoms with Crippen LogP contribution in [-0.2, 0) is 9.53 Å². The summed E-state index contributed by atoms with van der Waals surface area (Å²) in [4.78, 5) is 13.8. The largest absolute Gasteiger partial charge is 0.376 e. The van der Waals surface area contributed by atoms with Gasteiger partial charge in [0.25, 0.3) is 0 Å². The molecule has 16 heavy (non-hydrogen) atoms. The Morgan fingerprint density at radius 3 is 2.94 bits per heavy atom. The number of carbonyl (C=O) groups excluding carboxylic acids is 1. The van der Waals surface area contributed by atoms with Gasteiger partial charge in [0.2, 0.25) is 5.91 Å². The van der Waals surface area contributed by atoms with E-state index in [0.717, 1.165) is 39.1 Å². The molecule has 0 spiro atoms. The molecule has 1 rings (SSSR count). The predicted molar refractivity (Wildman–Crippen MR) is 64.3 cm³/mol. The first-order valence-electron chi connectivity index (χ1n) is 6.22. The Kier molecular flexibility index (Phi) is 5.77. The SMILES string of the molecule is CCNCC(C)C(=O)N(C)CC1CCCO1. The van der Waals surface area contributed by atoms with Gasteiger partial charge >= 0.3 is 0 Å². The molecule has 94 valence electrons. The number of hydrogen-bond acceptors (Lipinski definition) is 3. The summed E-state index contributed by atoms with van der Waals surface area (Å²) in [6.07, 6.45) is 2.46. The summed E-state index contributed by atoms with van der Waals surface area (Å²) < 4.78 is 5.53. The molecule has 1 aliphatic rings. The number of rotatable bonds is 6. The van der Waals surface area contributed by atoms with Crippen LogP contribution in [0.2, 0.25) is 0 Å². The summed E-state index contributed by atoms with van der Waals surface area (Å²) in [6, 6.07) is 0. The van der Waals surface area contributed by atoms with Crippen LogP contribution in [0.15, 0.2) is 0 Å². The number of hydrogen-bond donors (Lipinski definition) is 1. The van der Waals surface area contributed by atoms with Crippen molar-refractivity contribution in [2.24, 2.45) is 5.92 Å². The summed E-state index contributed by atoms with van der Waals surface area (Å²) in [7, 11) is 1.87. The lowest BCUT2D eigenvalue weighted by Crippen LogP contribution is -2.40. The normalized spacial score (nSPS) is 22.1. The maximum absolute atomic E-state index is 12.0. The van der Waals surface area contributed by atoms with Crippen molar-refractivity contribution in [3.63, 3.8) is 0 Å². The fraction of sp³-hybridized carbons (Fsp3) is 0.917. The Hall–Kier alpha value is -0.610. The van der Waals surface area contributed by atoms with Gasteiger partial charge in [0.15, 0.2) is 0 Å². The minimum atomic E-state index is 0.0475. The molecule has 0 aromatic carbocycles. The van der Waals surface area contributed by atoms with Gasteiger partial charge in [-0.2, -0.15) is 0 Å². The minimum absolute atomic E-state index is 0.0475. The first-order chi connectivity index (χ1) is 7.65. The smallest absolute Gasteiger partial charge is 0.226 e. The van der Waals surface area contributed by atoms with Crippen LogP contribution < -0.4 is 5.32 Å². The monoisotopic (exact) mass is 228 g/mol. The summed E-state index contributed by atoms with van der Waals surface area (Å²) in [6.45, 7) is 7.26. The van der Waals surface area contributed by atoms with E-state index in [2.05, 4.69) is 5.32 Å². The third-order valence-corrected chi connectivity index (χ3v) is 3.00. The van der Waals surface area contributed by atoms with Crippen molar-refractivity contribution >= 4 is 5.91 Å². The van der Waals surface area contributed by atoms with Gasteiger partial charge in [0.05, 0.1) is 6.10 Å². The lowest BCUT2D eigenvalue weighted by atomic mass is 10.1. The van der Waals surface area contributed by atoms with Gasteiger partial charge in [0, 0.05) is 32.7 Å². The molecule has 0 saturated carbocycles. The minimum Gasteiger partial charge on any atom is -0.376 e. The third kappa shape index (κ3) is 4.10. The van der Waals surface area contributed by atoms with Crippen molar-refractivity contribution in [1.29, 1.82) is 0 Å². The number of ether oxygens (including phenoxy) is 1. The molecular formula is C12H24N2O2. The molecule has 4 nitrogen and oxygen atoms in total. The van der Waals surface area contributed by atoms with Crippen LogP contribution in [0.5, 0.6) is 0 Å². The summed E-state index contributed by atoms with van der Waals surface area (Å²) in [5.74, 6) is 0.253. The zero-order valence-electron chi connectivity index (χ0n) is 10.7. The van der Waals surface area contributed by atoms with Crippen molar-refractivity contribution in [2.45, 2.75) is 32.8 Å². The molecule has 1 saturated heterocycles. The number of amides is 1. The molecule has 1 heterocycles. The number of carbonyl (C=O) groups is 1. The lowest BCUT2D eigenvalue weighted by Gasteiger charge is -2.24. The molecule has 2 atom stereocenters. The first kappa shape index (κ1) is 13.5. The van der Waals surface area contributed by atoms with E-state index in [1.807, 2.05) is 20.9 Å². The molecule has 0 aromatic rings. The highest BCUT2D eigenvalue weighted by molar-refractivity contribution is 5.78. The van der Waals surface area contributed by atoms with E-state index in [-0.39, 0.29) is 17.9 Å². The summed E-state index contributed by atoms with van der Waals surface area (Å²) in [5, 5.41) is 3.20. The van der Waals surface area contributed by atoms with E-state index in [0.29, 0.717) is 0 Å². The van der Waals surface area contributed by atoms with Gasteiger partial charge in [-0.15, -0.1) is 0 Å². The Morgan fingerprint density at radius 2 is 2.38 bits per heavy atom. The zero-order chi connectivity index (χ0) is 12.0. The second kappa shape index (κ2) is 6.86. The van der Waals surface area contributed by atoms with Gasteiger partial charge in [-0.25, -0.2) is 0 Å². The predicted octanol–water partition coefficient (Wildman–Crippen LogP) is 0.869. The van der Waals surface area contributed by atoms with E-state index in [4.69, 9.17) is 4.74 Å². The van der Waals surface area contributed by atoms with Gasteiger partial charge in [-0.1, -0.05) is 13.8 Å². The van der Waals surface area contributed by atoms with E-state index < -0.39 is 0 Å². The Bertz CT molecular complexity index is 215. The Balaban J connectivity index is 2.28. The molecule has 0 radical (unpaired) electrons. The van der Waals surface area contributed by atoms with Crippen molar-refractivity contribution in [2.75, 3.05) is 33.3 Å². The van der Waals surface area contributed by atoms with E-state index in [1.54, 1.807) is 4.90 Å². The molecule has 1 amide bonds. The third-order valence-electron chi connectivity index (χ3n) is 3.00. The van der Waals surface area contributed by atoms with Gasteiger partial charge in [0.1, 0.15) is 0 Å². The van der Waals surface area contributed by atoms with Crippen molar-refractivity contribution < 1.29 is 9.53 Å². The quantitative estimate of drug-likeness (QED) is 0.733. The van der Waals surface area contributed by atoms with Crippen LogP contribution in [0.4, 0.5) is 0 Å². The maximum Gasteiger partial charge on any atom is 0.226 e. The topological polar surface area (TPSA) is 41.6 Å². The molecule has 1 N–H and O–H groups in total. The van der Waals surface area contributed by atoms with Gasteiger partial charge in [-0.3, -0.25) is 4.79 Å². The van der Waals surface area contributed by atoms with Crippen molar-refractivity contribution in [3.05, 3.63) is 0 Å². The van der Waals surface area contributed by atoms with Crippen LogP contribution in [0.3, 0.4) is 0 Å². The molecule has 4 heteroatoms. The number of likely N-dealkylation sites (N-methyl/N-ethyl adjacent to an activating group) is 1. The summed E-state index contributed by atoms with van der Waals surface area (Å²) >= 11 is 0. The number of nitrogens with zero attached hydrogens (tertiary/aromatic N) is 1. The zero-order valence-corrected chi connectivity index (χ0v) is 10.7. The first-order valence-corrected chi connectivity index (χ1v) is 6.22. The fourth-order valence-corrected chi connectivity index (χ4v) is 2.01. The number of nitrogens with one attached hydrogen (secondary N) is 1. The standard InChI is InChI=1S/C12H24N2O2/c1-4-13-8-10(2)12(15)14(3)9-11-6-5-7-16-11/h10-11,13H,4-9H2,1-3H3. The second-order valence-electron chi connectivity index (χ2n) is 4.56. The van der Waals surface area contributed by atoms with Crippen LogP contribution in [0, 0.1) is 5.92 Å². The lowest BCUT2D eigenvalue weighted by molar-refractivity contribution is -0.134. The summed E-state index contributed by atoms with van der Waals surface area (Å²) in [5.41, 5.74) is 0. The molecular weight excluding hydrogens is 204 g/mol. The molecule has 1 aliphatic heterocycles. The molecule has 0 bridgehead atoms. The molecule has 1 fully saturated rings. The molecule has 2 unspecified atom stereocenters. The fourth-order valence-electron chi connectivity index (χ4n) is 2.01. The highest BCUT2D eigenvalue weighted by atomic mass is 16.5. The highest BCUT2D eigenvalue weighted by Gasteiger charge is 2.22. The van der Waals surface area contributed by atoms with Gasteiger partial charge < -0.3 is 15.0 Å². The van der Waals surface area contributed by atoms with Crippen LogP contribution in [-0.4, -0.2) is 50.2 Å².